The number of rotatable bonds is 14. The Hall–Kier alpha value is -1.77. The van der Waals surface area contributed by atoms with E-state index in [-0.39, 0.29) is 44.2 Å². The van der Waals surface area contributed by atoms with Crippen LogP contribution >= 0.6 is 11.8 Å². The Morgan fingerprint density at radius 1 is 0.900 bits per heavy atom. The van der Waals surface area contributed by atoms with Gasteiger partial charge in [0.05, 0.1) is 0 Å². The summed E-state index contributed by atoms with van der Waals surface area (Å²) < 4.78 is 0. The molecule has 0 aliphatic carbocycles. The number of carbonyl (C=O) groups is 4. The smallest absolute Gasteiger partial charge is 0.303 e. The van der Waals surface area contributed by atoms with E-state index in [4.69, 9.17) is 5.11 Å². The molecular formula is C21H43N3O5S. The number of nitrogens with one attached hydrogen (secondary N) is 3. The van der Waals surface area contributed by atoms with Crippen molar-refractivity contribution in [2.75, 3.05) is 24.6 Å². The monoisotopic (exact) mass is 449 g/mol. The van der Waals surface area contributed by atoms with Gasteiger partial charge in [-0.25, -0.2) is 0 Å². The molecule has 0 spiro atoms. The van der Waals surface area contributed by atoms with Crippen LogP contribution in [0.15, 0.2) is 0 Å². The molecule has 178 valence electrons. The maximum atomic E-state index is 12.2. The van der Waals surface area contributed by atoms with E-state index in [2.05, 4.69) is 29.8 Å². The Kier molecular flexibility index (Phi) is 25.8. The lowest BCUT2D eigenvalue weighted by molar-refractivity contribution is -0.138. The molecule has 0 unspecified atom stereocenters. The predicted molar refractivity (Wildman–Crippen MR) is 125 cm³/mol. The molecule has 0 bridgehead atoms. The van der Waals surface area contributed by atoms with Crippen LogP contribution in [0, 0.1) is 5.92 Å². The maximum Gasteiger partial charge on any atom is 0.303 e. The molecule has 0 aromatic rings. The van der Waals surface area contributed by atoms with Crippen LogP contribution in [0.2, 0.25) is 0 Å². The lowest BCUT2D eigenvalue weighted by Crippen LogP contribution is -2.48. The maximum absolute atomic E-state index is 12.2. The molecule has 0 aliphatic heterocycles. The Bertz CT molecular complexity index is 474. The number of carboxylic acids is 1. The van der Waals surface area contributed by atoms with Gasteiger partial charge < -0.3 is 21.1 Å². The average molecular weight is 450 g/mol. The Labute approximate surface area is 186 Å². The number of carbonyl (C=O) groups excluding carboxylic acids is 3. The Morgan fingerprint density at radius 3 is 1.97 bits per heavy atom. The van der Waals surface area contributed by atoms with Gasteiger partial charge >= 0.3 is 5.97 Å². The van der Waals surface area contributed by atoms with Crippen LogP contribution in [0.5, 0.6) is 0 Å². The topological polar surface area (TPSA) is 125 Å². The van der Waals surface area contributed by atoms with Crippen molar-refractivity contribution in [1.82, 2.24) is 16.0 Å². The lowest BCUT2D eigenvalue weighted by Gasteiger charge is -2.18. The first-order chi connectivity index (χ1) is 14.3. The summed E-state index contributed by atoms with van der Waals surface area (Å²) in [5, 5.41) is 16.6. The molecule has 30 heavy (non-hydrogen) atoms. The molecule has 3 amide bonds. The van der Waals surface area contributed by atoms with Crippen LogP contribution in [0.1, 0.15) is 74.1 Å². The standard InChI is InChI=1S/C17H31N3O5S.2C2H6/c1-4-14(21)18-8-9-19-17(25)13(5-6-16(23)24)20-15(22)7-10-26-11-12(2)3;2*1-2/h12-13H,4-11H2,1-3H3,(H,18,21)(H,19,25)(H,20,22)(H,23,24);2*1-2H3/t13-;;/m0../s1. The minimum absolute atomic E-state index is 0.0212. The first kappa shape index (κ1) is 32.9. The fourth-order valence-corrected chi connectivity index (χ4v) is 2.89. The van der Waals surface area contributed by atoms with Gasteiger partial charge in [-0.05, 0) is 18.1 Å². The van der Waals surface area contributed by atoms with Crippen LogP contribution in [-0.2, 0) is 19.2 Å². The Morgan fingerprint density at radius 2 is 1.47 bits per heavy atom. The van der Waals surface area contributed by atoms with E-state index in [1.165, 1.54) is 0 Å². The number of hydrogen-bond donors (Lipinski definition) is 4. The zero-order valence-electron chi connectivity index (χ0n) is 19.8. The summed E-state index contributed by atoms with van der Waals surface area (Å²) in [4.78, 5) is 46.1. The third-order valence-corrected chi connectivity index (χ3v) is 4.69. The normalized spacial score (nSPS) is 10.5. The number of amides is 3. The van der Waals surface area contributed by atoms with Gasteiger partial charge in [0.25, 0.3) is 0 Å². The molecule has 0 radical (unpaired) electrons. The van der Waals surface area contributed by atoms with Gasteiger partial charge in [-0.1, -0.05) is 48.5 Å². The van der Waals surface area contributed by atoms with Gasteiger partial charge in [0.2, 0.25) is 17.7 Å². The molecule has 9 heteroatoms. The van der Waals surface area contributed by atoms with Crippen LogP contribution in [0.3, 0.4) is 0 Å². The fraction of sp³-hybridized carbons (Fsp3) is 0.810. The first-order valence-corrected chi connectivity index (χ1v) is 12.0. The van der Waals surface area contributed by atoms with Crippen molar-refractivity contribution in [1.29, 1.82) is 0 Å². The van der Waals surface area contributed by atoms with E-state index in [1.54, 1.807) is 18.7 Å². The van der Waals surface area contributed by atoms with Crippen LogP contribution in [-0.4, -0.2) is 59.4 Å². The Balaban J connectivity index is -0.00000171. The molecule has 0 heterocycles. The molecule has 8 nitrogen and oxygen atoms in total. The number of carboxylic acid groups (broad SMARTS) is 1. The first-order valence-electron chi connectivity index (χ1n) is 10.9. The summed E-state index contributed by atoms with van der Waals surface area (Å²) >= 11 is 1.67. The van der Waals surface area contributed by atoms with Gasteiger partial charge in [0.1, 0.15) is 6.04 Å². The third-order valence-electron chi connectivity index (χ3n) is 3.29. The van der Waals surface area contributed by atoms with E-state index in [9.17, 15) is 19.2 Å². The second kappa shape index (κ2) is 23.5. The highest BCUT2D eigenvalue weighted by Gasteiger charge is 2.21. The van der Waals surface area contributed by atoms with E-state index in [1.807, 2.05) is 27.7 Å². The van der Waals surface area contributed by atoms with Crippen LogP contribution in [0.4, 0.5) is 0 Å². The molecule has 0 saturated heterocycles. The highest BCUT2D eigenvalue weighted by Crippen LogP contribution is 2.09. The van der Waals surface area contributed by atoms with Crippen molar-refractivity contribution >= 4 is 35.5 Å². The predicted octanol–water partition coefficient (Wildman–Crippen LogP) is 2.81. The van der Waals surface area contributed by atoms with Gasteiger partial charge in [-0.2, -0.15) is 11.8 Å². The molecular weight excluding hydrogens is 406 g/mol. The van der Waals surface area contributed by atoms with Gasteiger partial charge in [-0.3, -0.25) is 19.2 Å². The van der Waals surface area contributed by atoms with Gasteiger partial charge in [0, 0.05) is 38.1 Å². The molecule has 0 rings (SSSR count). The summed E-state index contributed by atoms with van der Waals surface area (Å²) in [5.74, 6) is 0.297. The van der Waals surface area contributed by atoms with Crippen molar-refractivity contribution in [2.24, 2.45) is 5.92 Å². The third kappa shape index (κ3) is 22.5. The molecule has 1 atom stereocenters. The SMILES string of the molecule is CC.CC.CCC(=O)NCCNC(=O)[C@H](CCC(=O)O)NC(=O)CCSCC(C)C. The van der Waals surface area contributed by atoms with E-state index in [0.29, 0.717) is 18.1 Å². The van der Waals surface area contributed by atoms with Crippen LogP contribution in [0.25, 0.3) is 0 Å². The van der Waals surface area contributed by atoms with E-state index in [0.717, 1.165) is 5.75 Å². The fourth-order valence-electron chi connectivity index (χ4n) is 1.92. The van der Waals surface area contributed by atoms with E-state index >= 15 is 0 Å². The zero-order chi connectivity index (χ0) is 23.9. The molecule has 0 aliphatic rings. The minimum atomic E-state index is -1.03. The molecule has 0 aromatic carbocycles. The van der Waals surface area contributed by atoms with Gasteiger partial charge in [0.15, 0.2) is 0 Å². The minimum Gasteiger partial charge on any atom is -0.481 e. The van der Waals surface area contributed by atoms with Crippen molar-refractivity contribution in [3.8, 4) is 0 Å². The summed E-state index contributed by atoms with van der Waals surface area (Å²) in [6, 6.07) is -0.893. The van der Waals surface area contributed by atoms with Gasteiger partial charge in [-0.15, -0.1) is 0 Å². The molecule has 0 aromatic heterocycles. The van der Waals surface area contributed by atoms with Crippen molar-refractivity contribution in [3.05, 3.63) is 0 Å². The number of aliphatic carboxylic acids is 1. The highest BCUT2D eigenvalue weighted by atomic mass is 32.2. The average Bonchev–Trinajstić information content (AvgIpc) is 2.73. The summed E-state index contributed by atoms with van der Waals surface area (Å²) in [6.07, 6.45) is 0.446. The van der Waals surface area contributed by atoms with Crippen LogP contribution < -0.4 is 16.0 Å². The molecule has 0 fully saturated rings. The zero-order valence-corrected chi connectivity index (χ0v) is 20.6. The van der Waals surface area contributed by atoms with Crippen molar-refractivity contribution in [3.63, 3.8) is 0 Å². The highest BCUT2D eigenvalue weighted by molar-refractivity contribution is 7.99. The van der Waals surface area contributed by atoms with Crippen molar-refractivity contribution in [2.45, 2.75) is 80.2 Å². The quantitative estimate of drug-likeness (QED) is 0.302. The van der Waals surface area contributed by atoms with E-state index < -0.39 is 17.9 Å². The summed E-state index contributed by atoms with van der Waals surface area (Å²) in [7, 11) is 0. The van der Waals surface area contributed by atoms with Crippen molar-refractivity contribution < 1.29 is 24.3 Å². The second-order valence-corrected chi connectivity index (χ2v) is 7.42. The number of thioether (sulfide) groups is 1. The second-order valence-electron chi connectivity index (χ2n) is 6.27. The summed E-state index contributed by atoms with van der Waals surface area (Å²) in [5.41, 5.74) is 0. The number of hydrogen-bond acceptors (Lipinski definition) is 5. The molecule has 0 saturated carbocycles. The largest absolute Gasteiger partial charge is 0.481 e. The lowest BCUT2D eigenvalue weighted by atomic mass is 10.1. The summed E-state index contributed by atoms with van der Waals surface area (Å²) in [6.45, 7) is 14.4. The molecule has 4 N–H and O–H groups in total.